The fourth-order valence-electron chi connectivity index (χ4n) is 4.37. The Labute approximate surface area is 214 Å². The van der Waals surface area contributed by atoms with E-state index in [9.17, 15) is 9.59 Å². The summed E-state index contributed by atoms with van der Waals surface area (Å²) in [7, 11) is 1.59. The van der Waals surface area contributed by atoms with Crippen molar-refractivity contribution < 1.29 is 19.0 Å². The van der Waals surface area contributed by atoms with E-state index in [-0.39, 0.29) is 18.1 Å². The van der Waals surface area contributed by atoms with Gasteiger partial charge in [-0.25, -0.2) is 4.79 Å². The van der Waals surface area contributed by atoms with E-state index in [1.165, 1.54) is 0 Å². The zero-order valence-electron chi connectivity index (χ0n) is 20.9. The van der Waals surface area contributed by atoms with Crippen molar-refractivity contribution >= 4 is 22.6 Å². The maximum absolute atomic E-state index is 13.4. The first-order valence-electron chi connectivity index (χ1n) is 12.2. The monoisotopic (exact) mass is 499 g/mol. The second-order valence-electron chi connectivity index (χ2n) is 9.03. The molecule has 0 fully saturated rings. The zero-order chi connectivity index (χ0) is 25.8. The summed E-state index contributed by atoms with van der Waals surface area (Å²) in [5.74, 6) is 1.96. The number of urea groups is 1. The molecule has 5 rings (SSSR count). The van der Waals surface area contributed by atoms with Gasteiger partial charge < -0.3 is 29.4 Å². The van der Waals surface area contributed by atoms with Crippen molar-refractivity contribution in [2.45, 2.75) is 19.9 Å². The molecule has 8 heteroatoms. The molecule has 2 N–H and O–H groups in total. The normalized spacial score (nSPS) is 12.3. The summed E-state index contributed by atoms with van der Waals surface area (Å²) in [5.41, 5.74) is 3.82. The van der Waals surface area contributed by atoms with Crippen LogP contribution in [-0.2, 0) is 13.0 Å². The first-order valence-corrected chi connectivity index (χ1v) is 12.2. The third-order valence-electron chi connectivity index (χ3n) is 6.33. The number of ether oxygens (including phenoxy) is 3. The number of aryl methyl sites for hydroxylation is 1. The first-order chi connectivity index (χ1) is 18.0. The molecular formula is C29H29N3O5. The molecule has 1 aromatic heterocycles. The Kier molecular flexibility index (Phi) is 6.98. The van der Waals surface area contributed by atoms with E-state index in [1.54, 1.807) is 42.3 Å². The topological polar surface area (TPSA) is 92.9 Å². The minimum Gasteiger partial charge on any atom is -0.497 e. The summed E-state index contributed by atoms with van der Waals surface area (Å²) in [4.78, 5) is 31.0. The maximum atomic E-state index is 13.4. The Morgan fingerprint density at radius 2 is 1.78 bits per heavy atom. The molecule has 0 saturated heterocycles. The van der Waals surface area contributed by atoms with Crippen LogP contribution in [0.25, 0.3) is 10.9 Å². The van der Waals surface area contributed by atoms with Crippen LogP contribution in [0.3, 0.4) is 0 Å². The Morgan fingerprint density at radius 3 is 2.51 bits per heavy atom. The Balaban J connectivity index is 1.41. The van der Waals surface area contributed by atoms with E-state index in [0.29, 0.717) is 60.2 Å². The van der Waals surface area contributed by atoms with E-state index in [4.69, 9.17) is 14.2 Å². The van der Waals surface area contributed by atoms with Crippen LogP contribution in [0.4, 0.5) is 10.5 Å². The number of rotatable bonds is 7. The maximum Gasteiger partial charge on any atom is 0.322 e. The second-order valence-corrected chi connectivity index (χ2v) is 9.03. The second kappa shape index (κ2) is 10.7. The molecule has 2 heterocycles. The Hall–Kier alpha value is -4.46. The Morgan fingerprint density at radius 1 is 1.03 bits per heavy atom. The lowest BCUT2D eigenvalue weighted by Crippen LogP contribution is -2.37. The summed E-state index contributed by atoms with van der Waals surface area (Å²) < 4.78 is 16.5. The zero-order valence-corrected chi connectivity index (χ0v) is 20.9. The number of methoxy groups -OCH3 is 1. The van der Waals surface area contributed by atoms with Crippen LogP contribution in [0.1, 0.15) is 16.7 Å². The third kappa shape index (κ3) is 5.69. The molecule has 1 aliphatic rings. The molecule has 4 aromatic rings. The highest BCUT2D eigenvalue weighted by atomic mass is 16.6. The smallest absolute Gasteiger partial charge is 0.322 e. The quantitative estimate of drug-likeness (QED) is 0.378. The van der Waals surface area contributed by atoms with Gasteiger partial charge in [0.15, 0.2) is 11.5 Å². The highest BCUT2D eigenvalue weighted by Crippen LogP contribution is 2.33. The summed E-state index contributed by atoms with van der Waals surface area (Å²) >= 11 is 0. The molecule has 8 nitrogen and oxygen atoms in total. The number of benzene rings is 3. The van der Waals surface area contributed by atoms with Crippen LogP contribution in [-0.4, -0.2) is 42.8 Å². The number of H-pyrrole nitrogens is 1. The van der Waals surface area contributed by atoms with E-state index >= 15 is 0 Å². The molecule has 0 saturated carbocycles. The molecule has 3 aromatic carbocycles. The summed E-state index contributed by atoms with van der Waals surface area (Å²) in [6.07, 6.45) is 0.655. The molecule has 0 atom stereocenters. The van der Waals surface area contributed by atoms with Gasteiger partial charge in [0.2, 0.25) is 0 Å². The minimum atomic E-state index is -0.292. The van der Waals surface area contributed by atoms with Crippen LogP contribution in [0, 0.1) is 6.92 Å². The number of carbonyl (C=O) groups excluding carboxylic acids is 1. The average Bonchev–Trinajstić information content (AvgIpc) is 2.90. The lowest BCUT2D eigenvalue weighted by Gasteiger charge is -2.24. The van der Waals surface area contributed by atoms with Crippen molar-refractivity contribution in [3.63, 3.8) is 0 Å². The number of nitrogens with zero attached hydrogens (tertiary/aromatic N) is 1. The van der Waals surface area contributed by atoms with Crippen molar-refractivity contribution in [3.05, 3.63) is 93.8 Å². The van der Waals surface area contributed by atoms with Gasteiger partial charge in [0.1, 0.15) is 19.0 Å². The highest BCUT2D eigenvalue weighted by Gasteiger charge is 2.19. The van der Waals surface area contributed by atoms with Gasteiger partial charge in [-0.05, 0) is 55.3 Å². The molecule has 1 aliphatic heterocycles. The lowest BCUT2D eigenvalue weighted by atomic mass is 10.1. The van der Waals surface area contributed by atoms with Gasteiger partial charge in [0, 0.05) is 29.2 Å². The van der Waals surface area contributed by atoms with E-state index in [1.807, 2.05) is 37.3 Å². The summed E-state index contributed by atoms with van der Waals surface area (Å²) in [5, 5.41) is 3.75. The molecule has 0 spiro atoms. The van der Waals surface area contributed by atoms with E-state index < -0.39 is 0 Å². The van der Waals surface area contributed by atoms with E-state index in [0.717, 1.165) is 16.5 Å². The predicted octanol–water partition coefficient (Wildman–Crippen LogP) is 4.89. The predicted molar refractivity (Wildman–Crippen MR) is 143 cm³/mol. The molecule has 37 heavy (non-hydrogen) atoms. The van der Waals surface area contributed by atoms with Gasteiger partial charge in [0.05, 0.1) is 19.2 Å². The van der Waals surface area contributed by atoms with Gasteiger partial charge in [0.25, 0.3) is 5.56 Å². The van der Waals surface area contributed by atoms with Gasteiger partial charge in [-0.2, -0.15) is 0 Å². The highest BCUT2D eigenvalue weighted by molar-refractivity contribution is 5.89. The molecule has 2 amide bonds. The van der Waals surface area contributed by atoms with Crippen molar-refractivity contribution in [3.8, 4) is 17.2 Å². The molecule has 0 bridgehead atoms. The molecule has 0 radical (unpaired) electrons. The van der Waals surface area contributed by atoms with Crippen molar-refractivity contribution in [2.75, 3.05) is 32.2 Å². The number of aromatic amines is 1. The van der Waals surface area contributed by atoms with Crippen LogP contribution in [0.5, 0.6) is 17.2 Å². The number of amides is 2. The Bertz CT molecular complexity index is 1480. The van der Waals surface area contributed by atoms with Crippen LogP contribution < -0.4 is 25.1 Å². The number of fused-ring (bicyclic) bond motifs is 2. The van der Waals surface area contributed by atoms with Gasteiger partial charge >= 0.3 is 6.03 Å². The van der Waals surface area contributed by atoms with Gasteiger partial charge in [-0.15, -0.1) is 0 Å². The van der Waals surface area contributed by atoms with Crippen molar-refractivity contribution in [2.24, 2.45) is 0 Å². The van der Waals surface area contributed by atoms with Crippen molar-refractivity contribution in [1.82, 2.24) is 9.88 Å². The number of aromatic nitrogens is 1. The third-order valence-corrected chi connectivity index (χ3v) is 6.33. The van der Waals surface area contributed by atoms with Crippen LogP contribution in [0.15, 0.2) is 71.5 Å². The number of pyridine rings is 1. The van der Waals surface area contributed by atoms with Gasteiger partial charge in [-0.3, -0.25) is 4.79 Å². The fourth-order valence-corrected chi connectivity index (χ4v) is 4.37. The SMILES string of the molecule is COc1ccc(NC(=O)N(CCc2cccc(C)c2)Cc2cc3cc4c(cc3[nH]c2=O)OCCO4)cc1. The molecular weight excluding hydrogens is 470 g/mol. The fraction of sp³-hybridized carbons (Fsp3) is 0.241. The summed E-state index contributed by atoms with van der Waals surface area (Å²) in [6, 6.07) is 20.5. The number of hydrogen-bond acceptors (Lipinski definition) is 5. The first kappa shape index (κ1) is 24.2. The number of hydrogen-bond donors (Lipinski definition) is 2. The van der Waals surface area contributed by atoms with Crippen molar-refractivity contribution in [1.29, 1.82) is 0 Å². The van der Waals surface area contributed by atoms with Gasteiger partial charge in [-0.1, -0.05) is 29.8 Å². The largest absolute Gasteiger partial charge is 0.497 e. The van der Waals surface area contributed by atoms with Crippen LogP contribution >= 0.6 is 0 Å². The molecule has 0 aliphatic carbocycles. The average molecular weight is 500 g/mol. The molecule has 0 unspecified atom stereocenters. The van der Waals surface area contributed by atoms with E-state index in [2.05, 4.69) is 16.4 Å². The molecule has 190 valence electrons. The van der Waals surface area contributed by atoms with Crippen LogP contribution in [0.2, 0.25) is 0 Å². The number of anilines is 1. The minimum absolute atomic E-state index is 0.146. The number of carbonyl (C=O) groups is 1. The summed E-state index contributed by atoms with van der Waals surface area (Å²) in [6.45, 7) is 3.57. The standard InChI is InChI=1S/C29H29N3O5/c1-19-4-3-5-20(14-19)10-11-32(29(34)30-23-6-8-24(35-2)9-7-23)18-22-15-21-16-26-27(37-13-12-36-26)17-25(21)31-28(22)33/h3-9,14-17H,10-13,18H2,1-2H3,(H,30,34)(H,31,33). The lowest BCUT2D eigenvalue weighted by molar-refractivity contribution is 0.172. The number of nitrogens with one attached hydrogen (secondary N) is 2.